The van der Waals surface area contributed by atoms with Crippen LogP contribution in [0.1, 0.15) is 15.9 Å². The summed E-state index contributed by atoms with van der Waals surface area (Å²) in [6.45, 7) is 1.92. The van der Waals surface area contributed by atoms with E-state index < -0.39 is 0 Å². The van der Waals surface area contributed by atoms with Crippen molar-refractivity contribution >= 4 is 11.9 Å². The molecule has 116 valence electrons. The van der Waals surface area contributed by atoms with Crippen molar-refractivity contribution in [2.24, 2.45) is 0 Å². The third-order valence-electron chi connectivity index (χ3n) is 3.24. The summed E-state index contributed by atoms with van der Waals surface area (Å²) in [6, 6.07) is 14.5. The lowest BCUT2D eigenvalue weighted by atomic mass is 10.1. The molecular weight excluding hydrogens is 294 g/mol. The van der Waals surface area contributed by atoms with Crippen molar-refractivity contribution < 1.29 is 13.9 Å². The van der Waals surface area contributed by atoms with Crippen molar-refractivity contribution in [1.82, 2.24) is 10.2 Å². The lowest BCUT2D eigenvalue weighted by Gasteiger charge is -2.02. The minimum Gasteiger partial charge on any atom is -0.497 e. The van der Waals surface area contributed by atoms with Crippen LogP contribution in [0.25, 0.3) is 11.5 Å². The standard InChI is InChI=1S/C17H15N3O3/c1-11-5-3-6-12(9-11)15(21)18-17-20-19-16(23-17)13-7-4-8-14(10-13)22-2/h3-10H,1-2H3,(H,18,20,21). The number of carbonyl (C=O) groups excluding carboxylic acids is 1. The molecule has 2 aromatic carbocycles. The number of ether oxygens (including phenoxy) is 1. The number of hydrogen-bond donors (Lipinski definition) is 1. The summed E-state index contributed by atoms with van der Waals surface area (Å²) in [5.74, 6) is 0.698. The van der Waals surface area contributed by atoms with Gasteiger partial charge in [0, 0.05) is 11.1 Å². The molecule has 0 saturated heterocycles. The SMILES string of the molecule is COc1cccc(-c2nnc(NC(=O)c3cccc(C)c3)o2)c1. The fraction of sp³-hybridized carbons (Fsp3) is 0.118. The quantitative estimate of drug-likeness (QED) is 0.800. The molecule has 0 spiro atoms. The van der Waals surface area contributed by atoms with Gasteiger partial charge in [-0.1, -0.05) is 28.9 Å². The molecule has 0 saturated carbocycles. The van der Waals surface area contributed by atoms with Gasteiger partial charge in [-0.3, -0.25) is 10.1 Å². The number of methoxy groups -OCH3 is 1. The van der Waals surface area contributed by atoms with E-state index in [1.807, 2.05) is 37.3 Å². The molecule has 6 heteroatoms. The first-order valence-corrected chi connectivity index (χ1v) is 7.01. The van der Waals surface area contributed by atoms with Crippen molar-refractivity contribution in [3.8, 4) is 17.2 Å². The van der Waals surface area contributed by atoms with Gasteiger partial charge in [-0.25, -0.2) is 0 Å². The van der Waals surface area contributed by atoms with Gasteiger partial charge in [-0.05, 0) is 37.3 Å². The number of aryl methyl sites for hydroxylation is 1. The van der Waals surface area contributed by atoms with Crippen molar-refractivity contribution in [3.05, 3.63) is 59.7 Å². The first-order chi connectivity index (χ1) is 11.2. The van der Waals surface area contributed by atoms with Gasteiger partial charge in [0.05, 0.1) is 7.11 Å². The van der Waals surface area contributed by atoms with E-state index in [1.165, 1.54) is 0 Å². The van der Waals surface area contributed by atoms with E-state index in [0.29, 0.717) is 22.8 Å². The third-order valence-corrected chi connectivity index (χ3v) is 3.24. The Labute approximate surface area is 133 Å². The Balaban J connectivity index is 1.78. The molecule has 1 aromatic heterocycles. The summed E-state index contributed by atoms with van der Waals surface area (Å²) >= 11 is 0. The number of amides is 1. The maximum absolute atomic E-state index is 12.2. The van der Waals surface area contributed by atoms with Crippen LogP contribution in [0, 0.1) is 6.92 Å². The first kappa shape index (κ1) is 14.8. The highest BCUT2D eigenvalue weighted by molar-refractivity contribution is 6.03. The van der Waals surface area contributed by atoms with E-state index in [9.17, 15) is 4.79 Å². The molecule has 23 heavy (non-hydrogen) atoms. The lowest BCUT2D eigenvalue weighted by Crippen LogP contribution is -2.12. The van der Waals surface area contributed by atoms with Gasteiger partial charge in [0.25, 0.3) is 5.91 Å². The van der Waals surface area contributed by atoms with Crippen LogP contribution in [0.4, 0.5) is 6.01 Å². The largest absolute Gasteiger partial charge is 0.497 e. The number of nitrogens with one attached hydrogen (secondary N) is 1. The predicted octanol–water partition coefficient (Wildman–Crippen LogP) is 3.31. The first-order valence-electron chi connectivity index (χ1n) is 7.01. The van der Waals surface area contributed by atoms with Gasteiger partial charge in [0.15, 0.2) is 0 Å². The van der Waals surface area contributed by atoms with Crippen LogP contribution in [0.15, 0.2) is 52.9 Å². The summed E-state index contributed by atoms with van der Waals surface area (Å²) < 4.78 is 10.6. The zero-order chi connectivity index (χ0) is 16.2. The van der Waals surface area contributed by atoms with Crippen LogP contribution in [-0.2, 0) is 0 Å². The third kappa shape index (κ3) is 3.37. The molecular formula is C17H15N3O3. The maximum atomic E-state index is 12.2. The highest BCUT2D eigenvalue weighted by atomic mass is 16.5. The van der Waals surface area contributed by atoms with E-state index in [0.717, 1.165) is 5.56 Å². The second-order valence-corrected chi connectivity index (χ2v) is 4.97. The van der Waals surface area contributed by atoms with Gasteiger partial charge >= 0.3 is 6.01 Å². The summed E-state index contributed by atoms with van der Waals surface area (Å²) in [5, 5.41) is 10.4. The highest BCUT2D eigenvalue weighted by Gasteiger charge is 2.13. The average Bonchev–Trinajstić information content (AvgIpc) is 3.03. The number of nitrogens with zero attached hydrogens (tertiary/aromatic N) is 2. The van der Waals surface area contributed by atoms with Crippen LogP contribution >= 0.6 is 0 Å². The minimum atomic E-state index is -0.297. The Hall–Kier alpha value is -3.15. The van der Waals surface area contributed by atoms with E-state index in [-0.39, 0.29) is 11.9 Å². The maximum Gasteiger partial charge on any atom is 0.322 e. The number of rotatable bonds is 4. The van der Waals surface area contributed by atoms with E-state index in [2.05, 4.69) is 15.5 Å². The van der Waals surface area contributed by atoms with Crippen LogP contribution in [0.2, 0.25) is 0 Å². The molecule has 1 amide bonds. The Morgan fingerprint density at radius 2 is 1.96 bits per heavy atom. The molecule has 0 radical (unpaired) electrons. The number of hydrogen-bond acceptors (Lipinski definition) is 5. The normalized spacial score (nSPS) is 10.3. The monoisotopic (exact) mass is 309 g/mol. The van der Waals surface area contributed by atoms with E-state index in [1.54, 1.807) is 25.3 Å². The van der Waals surface area contributed by atoms with Crippen LogP contribution < -0.4 is 10.1 Å². The molecule has 1 heterocycles. The zero-order valence-corrected chi connectivity index (χ0v) is 12.7. The molecule has 3 aromatic rings. The topological polar surface area (TPSA) is 77.3 Å². The lowest BCUT2D eigenvalue weighted by molar-refractivity contribution is 0.102. The van der Waals surface area contributed by atoms with Crippen molar-refractivity contribution in [3.63, 3.8) is 0 Å². The second kappa shape index (κ2) is 6.31. The van der Waals surface area contributed by atoms with Gasteiger partial charge in [0.1, 0.15) is 5.75 Å². The summed E-state index contributed by atoms with van der Waals surface area (Å²) in [7, 11) is 1.58. The molecule has 0 unspecified atom stereocenters. The summed E-state index contributed by atoms with van der Waals surface area (Å²) in [4.78, 5) is 12.2. The molecule has 1 N–H and O–H groups in total. The number of aromatic nitrogens is 2. The van der Waals surface area contributed by atoms with Gasteiger partial charge in [0.2, 0.25) is 5.89 Å². The molecule has 0 fully saturated rings. The number of carbonyl (C=O) groups is 1. The number of anilines is 1. The Kier molecular flexibility index (Phi) is 4.05. The van der Waals surface area contributed by atoms with Gasteiger partial charge < -0.3 is 9.15 Å². The molecule has 0 aliphatic rings. The fourth-order valence-electron chi connectivity index (χ4n) is 2.10. The van der Waals surface area contributed by atoms with Crippen molar-refractivity contribution in [1.29, 1.82) is 0 Å². The minimum absolute atomic E-state index is 0.0503. The molecule has 0 aliphatic heterocycles. The van der Waals surface area contributed by atoms with E-state index >= 15 is 0 Å². The van der Waals surface area contributed by atoms with Gasteiger partial charge in [-0.2, -0.15) is 0 Å². The zero-order valence-electron chi connectivity index (χ0n) is 12.7. The Morgan fingerprint density at radius 1 is 1.13 bits per heavy atom. The molecule has 0 aliphatic carbocycles. The number of benzene rings is 2. The summed E-state index contributed by atoms with van der Waals surface area (Å²) in [6.07, 6.45) is 0. The second-order valence-electron chi connectivity index (χ2n) is 4.97. The average molecular weight is 309 g/mol. The van der Waals surface area contributed by atoms with Crippen LogP contribution in [0.3, 0.4) is 0 Å². The predicted molar refractivity (Wildman–Crippen MR) is 85.4 cm³/mol. The Morgan fingerprint density at radius 3 is 2.74 bits per heavy atom. The highest BCUT2D eigenvalue weighted by Crippen LogP contribution is 2.24. The van der Waals surface area contributed by atoms with Gasteiger partial charge in [-0.15, -0.1) is 5.10 Å². The molecule has 0 atom stereocenters. The van der Waals surface area contributed by atoms with E-state index in [4.69, 9.17) is 9.15 Å². The van der Waals surface area contributed by atoms with Crippen molar-refractivity contribution in [2.45, 2.75) is 6.92 Å². The Bertz CT molecular complexity index is 842. The summed E-state index contributed by atoms with van der Waals surface area (Å²) in [5.41, 5.74) is 2.25. The smallest absolute Gasteiger partial charge is 0.322 e. The fourth-order valence-corrected chi connectivity index (χ4v) is 2.10. The van der Waals surface area contributed by atoms with Crippen LogP contribution in [0.5, 0.6) is 5.75 Å². The molecule has 0 bridgehead atoms. The molecule has 3 rings (SSSR count). The molecule has 6 nitrogen and oxygen atoms in total. The van der Waals surface area contributed by atoms with Crippen LogP contribution in [-0.4, -0.2) is 23.2 Å². The van der Waals surface area contributed by atoms with Crippen molar-refractivity contribution in [2.75, 3.05) is 12.4 Å².